The fraction of sp³-hybridized carbons (Fsp3) is 0.500. The molecule has 0 aliphatic heterocycles. The van der Waals surface area contributed by atoms with E-state index in [9.17, 15) is 22.8 Å². The van der Waals surface area contributed by atoms with Gasteiger partial charge in [-0.25, -0.2) is 4.79 Å². The van der Waals surface area contributed by atoms with E-state index in [1.165, 1.54) is 18.2 Å². The molecule has 2 rings (SSSR count). The first kappa shape index (κ1) is 18.1. The van der Waals surface area contributed by atoms with Gasteiger partial charge in [-0.05, 0) is 37.3 Å². The molecular formula is C16H19F3N2O3. The van der Waals surface area contributed by atoms with Crippen LogP contribution in [0.1, 0.15) is 36.8 Å². The molecule has 2 amide bonds. The molecule has 0 unspecified atom stereocenters. The van der Waals surface area contributed by atoms with Crippen LogP contribution in [0.5, 0.6) is 0 Å². The van der Waals surface area contributed by atoms with Gasteiger partial charge in [-0.2, -0.15) is 13.2 Å². The Morgan fingerprint density at radius 1 is 1.12 bits per heavy atom. The molecule has 0 radical (unpaired) electrons. The second kappa shape index (κ2) is 7.55. The van der Waals surface area contributed by atoms with Crippen LogP contribution in [-0.2, 0) is 17.5 Å². The maximum Gasteiger partial charge on any atom is 0.416 e. The van der Waals surface area contributed by atoms with Crippen LogP contribution in [0.4, 0.5) is 18.0 Å². The fourth-order valence-electron chi connectivity index (χ4n) is 2.95. The summed E-state index contributed by atoms with van der Waals surface area (Å²) >= 11 is 0. The average Bonchev–Trinajstić information content (AvgIpc) is 2.52. The molecule has 0 bridgehead atoms. The predicted octanol–water partition coefficient (Wildman–Crippen LogP) is 3.15. The highest BCUT2D eigenvalue weighted by molar-refractivity contribution is 5.78. The second-order valence-corrected chi connectivity index (χ2v) is 5.87. The Morgan fingerprint density at radius 2 is 1.75 bits per heavy atom. The Morgan fingerprint density at radius 3 is 2.33 bits per heavy atom. The molecule has 0 saturated heterocycles. The first-order chi connectivity index (χ1) is 11.3. The first-order valence-electron chi connectivity index (χ1n) is 7.69. The lowest BCUT2D eigenvalue weighted by atomic mass is 9.85. The topological polar surface area (TPSA) is 78.4 Å². The van der Waals surface area contributed by atoms with Gasteiger partial charge in [-0.3, -0.25) is 4.79 Å². The van der Waals surface area contributed by atoms with Crippen molar-refractivity contribution in [1.82, 2.24) is 10.6 Å². The first-order valence-corrected chi connectivity index (χ1v) is 7.69. The maximum atomic E-state index is 12.9. The van der Waals surface area contributed by atoms with Crippen molar-refractivity contribution in [3.05, 3.63) is 35.4 Å². The number of alkyl halides is 3. The molecule has 1 aliphatic rings. The van der Waals surface area contributed by atoms with Gasteiger partial charge < -0.3 is 15.7 Å². The van der Waals surface area contributed by atoms with Gasteiger partial charge in [-0.1, -0.05) is 18.2 Å². The number of benzene rings is 1. The summed E-state index contributed by atoms with van der Waals surface area (Å²) in [6, 6.07) is 4.98. The molecule has 1 fully saturated rings. The van der Waals surface area contributed by atoms with E-state index < -0.39 is 17.8 Å². The largest absolute Gasteiger partial charge is 0.465 e. The molecular weight excluding hydrogens is 325 g/mol. The van der Waals surface area contributed by atoms with Gasteiger partial charge in [-0.15, -0.1) is 0 Å². The van der Waals surface area contributed by atoms with E-state index in [1.807, 2.05) is 0 Å². The van der Waals surface area contributed by atoms with Gasteiger partial charge >= 0.3 is 12.3 Å². The maximum absolute atomic E-state index is 12.9. The van der Waals surface area contributed by atoms with Crippen molar-refractivity contribution in [1.29, 1.82) is 0 Å². The van der Waals surface area contributed by atoms with Gasteiger partial charge in [0.05, 0.1) is 5.56 Å². The summed E-state index contributed by atoms with van der Waals surface area (Å²) < 4.78 is 38.7. The number of carbonyl (C=O) groups excluding carboxylic acids is 1. The van der Waals surface area contributed by atoms with E-state index in [0.29, 0.717) is 25.7 Å². The van der Waals surface area contributed by atoms with Crippen molar-refractivity contribution < 1.29 is 27.9 Å². The van der Waals surface area contributed by atoms with Crippen molar-refractivity contribution in [2.45, 2.75) is 44.4 Å². The average molecular weight is 344 g/mol. The highest BCUT2D eigenvalue weighted by atomic mass is 19.4. The lowest BCUT2D eigenvalue weighted by molar-refractivity contribution is -0.138. The van der Waals surface area contributed by atoms with Crippen LogP contribution in [0.25, 0.3) is 0 Å². The molecule has 24 heavy (non-hydrogen) atoms. The number of carbonyl (C=O) groups is 2. The summed E-state index contributed by atoms with van der Waals surface area (Å²) in [5.74, 6) is -0.587. The van der Waals surface area contributed by atoms with Gasteiger partial charge in [0.15, 0.2) is 0 Å². The molecule has 0 heterocycles. The Labute approximate surface area is 137 Å². The second-order valence-electron chi connectivity index (χ2n) is 5.87. The Hall–Kier alpha value is -2.25. The molecule has 132 valence electrons. The zero-order valence-corrected chi connectivity index (χ0v) is 12.9. The zero-order valence-electron chi connectivity index (χ0n) is 12.9. The minimum Gasteiger partial charge on any atom is -0.465 e. The quantitative estimate of drug-likeness (QED) is 0.785. The number of halogens is 3. The van der Waals surface area contributed by atoms with E-state index in [-0.39, 0.29) is 30.0 Å². The van der Waals surface area contributed by atoms with Crippen molar-refractivity contribution in [2.75, 3.05) is 0 Å². The van der Waals surface area contributed by atoms with Gasteiger partial charge in [0.25, 0.3) is 0 Å². The van der Waals surface area contributed by atoms with Crippen molar-refractivity contribution in [3.8, 4) is 0 Å². The van der Waals surface area contributed by atoms with Gasteiger partial charge in [0.2, 0.25) is 5.91 Å². The zero-order chi connectivity index (χ0) is 17.7. The van der Waals surface area contributed by atoms with Crippen LogP contribution in [0.3, 0.4) is 0 Å². The molecule has 8 heteroatoms. The van der Waals surface area contributed by atoms with Crippen LogP contribution in [0.2, 0.25) is 0 Å². The monoisotopic (exact) mass is 344 g/mol. The van der Waals surface area contributed by atoms with Crippen LogP contribution in [-0.4, -0.2) is 23.1 Å². The van der Waals surface area contributed by atoms with Crippen LogP contribution >= 0.6 is 0 Å². The Balaban J connectivity index is 1.88. The lowest BCUT2D eigenvalue weighted by Crippen LogP contribution is -2.40. The summed E-state index contributed by atoms with van der Waals surface area (Å²) in [5, 5.41) is 13.6. The van der Waals surface area contributed by atoms with Crippen LogP contribution in [0, 0.1) is 5.92 Å². The summed E-state index contributed by atoms with van der Waals surface area (Å²) in [6.07, 6.45) is -3.43. The van der Waals surface area contributed by atoms with E-state index >= 15 is 0 Å². The third-order valence-corrected chi connectivity index (χ3v) is 4.20. The minimum absolute atomic E-state index is 0.0274. The van der Waals surface area contributed by atoms with Crippen LogP contribution < -0.4 is 10.6 Å². The number of hydrogen-bond donors (Lipinski definition) is 3. The van der Waals surface area contributed by atoms with Crippen LogP contribution in [0.15, 0.2) is 24.3 Å². The highest BCUT2D eigenvalue weighted by Gasteiger charge is 2.33. The normalized spacial score (nSPS) is 21.1. The number of nitrogens with one attached hydrogen (secondary N) is 2. The third kappa shape index (κ3) is 4.87. The van der Waals surface area contributed by atoms with Gasteiger partial charge in [0, 0.05) is 18.5 Å². The number of carboxylic acid groups (broad SMARTS) is 1. The third-order valence-electron chi connectivity index (χ3n) is 4.20. The molecule has 1 aromatic rings. The van der Waals surface area contributed by atoms with E-state index in [2.05, 4.69) is 10.6 Å². The van der Waals surface area contributed by atoms with Crippen molar-refractivity contribution in [3.63, 3.8) is 0 Å². The molecule has 3 N–H and O–H groups in total. The molecule has 0 aromatic heterocycles. The van der Waals surface area contributed by atoms with E-state index in [1.54, 1.807) is 0 Å². The predicted molar refractivity (Wildman–Crippen MR) is 80.2 cm³/mol. The minimum atomic E-state index is -4.46. The number of hydrogen-bond acceptors (Lipinski definition) is 2. The van der Waals surface area contributed by atoms with Gasteiger partial charge in [0.1, 0.15) is 0 Å². The standard InChI is InChI=1S/C16H19F3N2O3/c17-16(18,19)13-4-2-1-3-11(13)9-20-14(22)10-5-7-12(8-6-10)21-15(23)24/h1-4,10,12,21H,5-9H2,(H,20,22)(H,23,24)/t10-,12+. The molecule has 1 saturated carbocycles. The Kier molecular flexibility index (Phi) is 5.69. The molecule has 1 aromatic carbocycles. The van der Waals surface area contributed by atoms with Crippen molar-refractivity contribution in [2.24, 2.45) is 5.92 Å². The number of amides is 2. The lowest BCUT2D eigenvalue weighted by Gasteiger charge is -2.27. The highest BCUT2D eigenvalue weighted by Crippen LogP contribution is 2.32. The van der Waals surface area contributed by atoms with E-state index in [0.717, 1.165) is 6.07 Å². The summed E-state index contributed by atoms with van der Waals surface area (Å²) in [7, 11) is 0. The molecule has 0 atom stereocenters. The summed E-state index contributed by atoms with van der Waals surface area (Å²) in [4.78, 5) is 22.7. The summed E-state index contributed by atoms with van der Waals surface area (Å²) in [5.41, 5.74) is -0.723. The Bertz CT molecular complexity index is 596. The van der Waals surface area contributed by atoms with E-state index in [4.69, 9.17) is 5.11 Å². The smallest absolute Gasteiger partial charge is 0.416 e. The molecule has 5 nitrogen and oxygen atoms in total. The fourth-order valence-corrected chi connectivity index (χ4v) is 2.95. The summed E-state index contributed by atoms with van der Waals surface area (Å²) in [6.45, 7) is -0.179. The molecule has 1 aliphatic carbocycles. The van der Waals surface area contributed by atoms with Crippen molar-refractivity contribution >= 4 is 12.0 Å². The number of rotatable bonds is 4. The SMILES string of the molecule is O=C(O)N[C@H]1CC[C@@H](C(=O)NCc2ccccc2C(F)(F)F)CC1. The molecule has 0 spiro atoms.